The number of benzene rings is 2. The van der Waals surface area contributed by atoms with Crippen LogP contribution in [0.5, 0.6) is 0 Å². The Kier molecular flexibility index (Phi) is 3.43. The van der Waals surface area contributed by atoms with E-state index >= 15 is 0 Å². The summed E-state index contributed by atoms with van der Waals surface area (Å²) in [5, 5.41) is 4.41. The molecule has 1 N–H and O–H groups in total. The van der Waals surface area contributed by atoms with Crippen LogP contribution in [0.25, 0.3) is 0 Å². The SMILES string of the molecule is O=S1(=O)Cc2cc(Cl)ccc2C(c2ccc(F)cc2)=NN1. The standard InChI is InChI=1S/C14H10ClFN2O2S/c15-11-3-6-13-10(7-11)8-21(19,20)18-17-14(13)9-1-4-12(16)5-2-9/h1-7,18H,8H2. The molecule has 0 spiro atoms. The number of rotatable bonds is 1. The van der Waals surface area contributed by atoms with Gasteiger partial charge in [-0.15, -0.1) is 0 Å². The predicted molar refractivity (Wildman–Crippen MR) is 79.3 cm³/mol. The third-order valence-corrected chi connectivity index (χ3v) is 4.38. The van der Waals surface area contributed by atoms with Crippen molar-refractivity contribution in [2.45, 2.75) is 5.75 Å². The van der Waals surface area contributed by atoms with Gasteiger partial charge in [0.2, 0.25) is 0 Å². The van der Waals surface area contributed by atoms with E-state index in [2.05, 4.69) is 9.93 Å². The lowest BCUT2D eigenvalue weighted by Gasteiger charge is -2.08. The molecule has 0 radical (unpaired) electrons. The normalized spacial score (nSPS) is 16.4. The molecule has 0 aliphatic carbocycles. The fraction of sp³-hybridized carbons (Fsp3) is 0.0714. The Balaban J connectivity index is 2.20. The van der Waals surface area contributed by atoms with E-state index in [4.69, 9.17) is 11.6 Å². The summed E-state index contributed by atoms with van der Waals surface area (Å²) in [4.78, 5) is 2.17. The van der Waals surface area contributed by atoms with Gasteiger partial charge >= 0.3 is 0 Å². The smallest absolute Gasteiger partial charge is 0.207 e. The maximum atomic E-state index is 13.0. The van der Waals surface area contributed by atoms with Crippen LogP contribution in [0.2, 0.25) is 5.02 Å². The molecule has 108 valence electrons. The van der Waals surface area contributed by atoms with Crippen LogP contribution in [0.4, 0.5) is 4.39 Å². The fourth-order valence-electron chi connectivity index (χ4n) is 2.15. The second-order valence-corrected chi connectivity index (χ2v) is 6.76. The lowest BCUT2D eigenvalue weighted by molar-refractivity contribution is 0.584. The topological polar surface area (TPSA) is 58.5 Å². The highest BCUT2D eigenvalue weighted by atomic mass is 35.5. The van der Waals surface area contributed by atoms with Crippen LogP contribution < -0.4 is 4.83 Å². The van der Waals surface area contributed by atoms with E-state index in [1.54, 1.807) is 30.3 Å². The summed E-state index contributed by atoms with van der Waals surface area (Å²) in [6.45, 7) is 0. The minimum Gasteiger partial charge on any atom is -0.207 e. The number of sulfonamides is 1. The molecule has 4 nitrogen and oxygen atoms in total. The maximum Gasteiger partial charge on any atom is 0.251 e. The van der Waals surface area contributed by atoms with E-state index in [-0.39, 0.29) is 11.6 Å². The van der Waals surface area contributed by atoms with Gasteiger partial charge in [-0.25, -0.2) is 17.6 Å². The molecule has 0 unspecified atom stereocenters. The van der Waals surface area contributed by atoms with Crippen LogP contribution in [0.15, 0.2) is 47.6 Å². The molecule has 0 amide bonds. The Bertz CT molecular complexity index is 833. The van der Waals surface area contributed by atoms with Crippen molar-refractivity contribution in [1.29, 1.82) is 0 Å². The van der Waals surface area contributed by atoms with Crippen molar-refractivity contribution in [3.63, 3.8) is 0 Å². The van der Waals surface area contributed by atoms with Crippen molar-refractivity contribution in [3.05, 3.63) is 70.0 Å². The summed E-state index contributed by atoms with van der Waals surface area (Å²) in [6.07, 6.45) is 0. The van der Waals surface area contributed by atoms with Gasteiger partial charge < -0.3 is 0 Å². The molecule has 1 aliphatic heterocycles. The molecule has 0 bridgehead atoms. The molecule has 0 saturated heterocycles. The lowest BCUT2D eigenvalue weighted by Crippen LogP contribution is -2.18. The Labute approximate surface area is 126 Å². The lowest BCUT2D eigenvalue weighted by atomic mass is 9.98. The van der Waals surface area contributed by atoms with Crippen molar-refractivity contribution in [3.8, 4) is 0 Å². The summed E-state index contributed by atoms with van der Waals surface area (Å²) in [5.41, 5.74) is 2.25. The summed E-state index contributed by atoms with van der Waals surface area (Å²) >= 11 is 5.93. The zero-order valence-electron chi connectivity index (χ0n) is 10.7. The number of hydrogen-bond donors (Lipinski definition) is 1. The Morgan fingerprint density at radius 1 is 1.14 bits per heavy atom. The third-order valence-electron chi connectivity index (χ3n) is 3.08. The van der Waals surface area contributed by atoms with Crippen molar-refractivity contribution < 1.29 is 12.8 Å². The number of nitrogens with zero attached hydrogens (tertiary/aromatic N) is 1. The minimum absolute atomic E-state index is 0.211. The zero-order valence-corrected chi connectivity index (χ0v) is 12.2. The molecule has 7 heteroatoms. The van der Waals surface area contributed by atoms with Gasteiger partial charge in [0.05, 0.1) is 11.5 Å². The van der Waals surface area contributed by atoms with E-state index in [0.29, 0.717) is 27.4 Å². The number of fused-ring (bicyclic) bond motifs is 1. The monoisotopic (exact) mass is 324 g/mol. The molecule has 0 atom stereocenters. The highest BCUT2D eigenvalue weighted by Gasteiger charge is 2.22. The van der Waals surface area contributed by atoms with Crippen LogP contribution in [0.3, 0.4) is 0 Å². The Morgan fingerprint density at radius 3 is 2.57 bits per heavy atom. The second-order valence-electron chi connectivity index (χ2n) is 4.62. The summed E-state index contributed by atoms with van der Waals surface area (Å²) in [6, 6.07) is 10.7. The zero-order chi connectivity index (χ0) is 15.0. The summed E-state index contributed by atoms with van der Waals surface area (Å²) in [5.74, 6) is -0.582. The predicted octanol–water partition coefficient (Wildman–Crippen LogP) is 2.66. The molecule has 0 aromatic heterocycles. The van der Waals surface area contributed by atoms with Crippen LogP contribution in [0.1, 0.15) is 16.7 Å². The van der Waals surface area contributed by atoms with Gasteiger partial charge in [0, 0.05) is 16.1 Å². The van der Waals surface area contributed by atoms with Crippen molar-refractivity contribution in [1.82, 2.24) is 4.83 Å². The number of hydrazone groups is 1. The molecule has 1 aliphatic rings. The number of nitrogens with one attached hydrogen (secondary N) is 1. The Morgan fingerprint density at radius 2 is 1.86 bits per heavy atom. The van der Waals surface area contributed by atoms with E-state index in [1.807, 2.05) is 0 Å². The van der Waals surface area contributed by atoms with Gasteiger partial charge in [0.25, 0.3) is 10.0 Å². The summed E-state index contributed by atoms with van der Waals surface area (Å²) < 4.78 is 36.7. The van der Waals surface area contributed by atoms with Crippen LogP contribution >= 0.6 is 11.6 Å². The van der Waals surface area contributed by atoms with Gasteiger partial charge in [-0.3, -0.25) is 0 Å². The number of hydrogen-bond acceptors (Lipinski definition) is 3. The van der Waals surface area contributed by atoms with Crippen molar-refractivity contribution in [2.75, 3.05) is 0 Å². The Hall–Kier alpha value is -1.92. The average molecular weight is 325 g/mol. The second kappa shape index (κ2) is 5.13. The maximum absolute atomic E-state index is 13.0. The summed E-state index contributed by atoms with van der Waals surface area (Å²) in [7, 11) is -3.57. The van der Waals surface area contributed by atoms with Crippen molar-refractivity contribution >= 4 is 27.3 Å². The average Bonchev–Trinajstić information content (AvgIpc) is 2.54. The largest absolute Gasteiger partial charge is 0.251 e. The molecule has 3 rings (SSSR count). The third kappa shape index (κ3) is 2.91. The number of halogens is 2. The molecule has 2 aromatic rings. The molecular weight excluding hydrogens is 315 g/mol. The van der Waals surface area contributed by atoms with E-state index in [9.17, 15) is 12.8 Å². The van der Waals surface area contributed by atoms with Crippen LogP contribution in [-0.2, 0) is 15.8 Å². The van der Waals surface area contributed by atoms with Crippen molar-refractivity contribution in [2.24, 2.45) is 5.10 Å². The highest BCUT2D eigenvalue weighted by Crippen LogP contribution is 2.23. The van der Waals surface area contributed by atoms with Gasteiger partial charge in [0.1, 0.15) is 5.82 Å². The van der Waals surface area contributed by atoms with Gasteiger partial charge in [-0.1, -0.05) is 17.7 Å². The first-order chi connectivity index (χ1) is 9.94. The molecule has 0 fully saturated rings. The molecular formula is C14H10ClFN2O2S. The first-order valence-corrected chi connectivity index (χ1v) is 8.09. The molecule has 21 heavy (non-hydrogen) atoms. The van der Waals surface area contributed by atoms with Gasteiger partial charge in [-0.2, -0.15) is 5.10 Å². The fourth-order valence-corrected chi connectivity index (χ4v) is 3.29. The van der Waals surface area contributed by atoms with E-state index < -0.39 is 10.0 Å². The molecule has 1 heterocycles. The quantitative estimate of drug-likeness (QED) is 0.876. The molecule has 0 saturated carbocycles. The molecule has 2 aromatic carbocycles. The van der Waals surface area contributed by atoms with Crippen LogP contribution in [0, 0.1) is 5.82 Å². The van der Waals surface area contributed by atoms with Crippen LogP contribution in [-0.4, -0.2) is 14.1 Å². The first kappa shape index (κ1) is 14.0. The van der Waals surface area contributed by atoms with E-state index in [0.717, 1.165) is 0 Å². The van der Waals surface area contributed by atoms with Gasteiger partial charge in [0.15, 0.2) is 0 Å². The van der Waals surface area contributed by atoms with Gasteiger partial charge in [-0.05, 0) is 42.0 Å². The minimum atomic E-state index is -3.57. The first-order valence-electron chi connectivity index (χ1n) is 6.06. The van der Waals surface area contributed by atoms with E-state index in [1.165, 1.54) is 12.1 Å². The highest BCUT2D eigenvalue weighted by molar-refractivity contribution is 7.88.